The van der Waals surface area contributed by atoms with Gasteiger partial charge in [0, 0.05) is 29.5 Å². The average Bonchev–Trinajstić information content (AvgIpc) is 3.39. The maximum absolute atomic E-state index is 13.9. The number of nitrogens with one attached hydrogen (secondary N) is 1. The summed E-state index contributed by atoms with van der Waals surface area (Å²) < 4.78 is 29.5. The lowest BCUT2D eigenvalue weighted by Gasteiger charge is -2.29. The molecule has 1 aliphatic rings. The molecule has 4 aromatic rings. The Bertz CT molecular complexity index is 1220. The van der Waals surface area contributed by atoms with Crippen LogP contribution in [0.3, 0.4) is 0 Å². The van der Waals surface area contributed by atoms with Crippen molar-refractivity contribution in [3.8, 4) is 5.69 Å². The van der Waals surface area contributed by atoms with Crippen LogP contribution >= 0.6 is 12.2 Å². The Morgan fingerprint density at radius 3 is 2.42 bits per heavy atom. The van der Waals surface area contributed by atoms with Crippen LogP contribution in [0.15, 0.2) is 91.3 Å². The topological polar surface area (TPSA) is 33.1 Å². The molecule has 1 aliphatic heterocycles. The fourth-order valence-electron chi connectivity index (χ4n) is 4.03. The van der Waals surface area contributed by atoms with Gasteiger partial charge in [0.1, 0.15) is 17.7 Å². The Morgan fingerprint density at radius 2 is 1.68 bits per heavy atom. The second-order valence-electron chi connectivity index (χ2n) is 7.26. The number of thiocarbonyl (C=S) groups is 1. The lowest BCUT2D eigenvalue weighted by atomic mass is 10.0. The lowest BCUT2D eigenvalue weighted by molar-refractivity contribution is 0.548. The van der Waals surface area contributed by atoms with Gasteiger partial charge in [0.2, 0.25) is 0 Å². The van der Waals surface area contributed by atoms with E-state index in [0.717, 1.165) is 17.1 Å². The number of hydrogen-bond donors (Lipinski definition) is 1. The van der Waals surface area contributed by atoms with Crippen LogP contribution in [0.2, 0.25) is 0 Å². The molecule has 0 bridgehead atoms. The smallest absolute Gasteiger partial charge is 0.174 e. The Morgan fingerprint density at radius 1 is 0.839 bits per heavy atom. The van der Waals surface area contributed by atoms with E-state index >= 15 is 0 Å². The molecule has 0 radical (unpaired) electrons. The highest BCUT2D eigenvalue weighted by atomic mass is 32.1. The van der Waals surface area contributed by atoms with E-state index in [1.165, 1.54) is 24.3 Å². The molecule has 3 heterocycles. The molecule has 0 unspecified atom stereocenters. The minimum atomic E-state index is -0.317. The Labute approximate surface area is 183 Å². The molecule has 1 saturated heterocycles. The van der Waals surface area contributed by atoms with Crippen LogP contribution < -0.4 is 10.2 Å². The minimum absolute atomic E-state index is 0.249. The molecule has 0 spiro atoms. The van der Waals surface area contributed by atoms with Gasteiger partial charge in [-0.25, -0.2) is 8.78 Å². The zero-order chi connectivity index (χ0) is 21.4. The Balaban J connectivity index is 1.67. The molecular formula is C24H18F2N4S. The van der Waals surface area contributed by atoms with E-state index < -0.39 is 0 Å². The summed E-state index contributed by atoms with van der Waals surface area (Å²) in [5, 5.41) is 3.89. The van der Waals surface area contributed by atoms with Crippen LogP contribution in [0.5, 0.6) is 0 Å². The predicted molar refractivity (Wildman–Crippen MR) is 120 cm³/mol. The molecule has 2 atom stereocenters. The Hall–Kier alpha value is -3.58. The van der Waals surface area contributed by atoms with E-state index in [4.69, 9.17) is 12.2 Å². The third-order valence-electron chi connectivity index (χ3n) is 5.37. The van der Waals surface area contributed by atoms with Crippen molar-refractivity contribution in [1.29, 1.82) is 0 Å². The number of benzene rings is 2. The summed E-state index contributed by atoms with van der Waals surface area (Å²) in [5.41, 5.74) is 3.19. The summed E-state index contributed by atoms with van der Waals surface area (Å²) in [6.07, 6.45) is 3.63. The van der Waals surface area contributed by atoms with Crippen molar-refractivity contribution in [2.45, 2.75) is 12.1 Å². The molecular weight excluding hydrogens is 414 g/mol. The number of hydrogen-bond acceptors (Lipinski definition) is 2. The molecule has 2 aromatic heterocycles. The summed E-state index contributed by atoms with van der Waals surface area (Å²) in [4.78, 5) is 6.49. The number of rotatable bonds is 4. The number of pyridine rings is 1. The zero-order valence-corrected chi connectivity index (χ0v) is 17.1. The lowest BCUT2D eigenvalue weighted by Crippen LogP contribution is -2.30. The molecule has 2 aromatic carbocycles. The third-order valence-corrected chi connectivity index (χ3v) is 5.69. The molecule has 5 rings (SSSR count). The van der Waals surface area contributed by atoms with Crippen LogP contribution in [0.4, 0.5) is 14.5 Å². The van der Waals surface area contributed by atoms with Crippen molar-refractivity contribution in [2.24, 2.45) is 0 Å². The highest BCUT2D eigenvalue weighted by Gasteiger charge is 2.42. The first-order chi connectivity index (χ1) is 15.1. The molecule has 1 fully saturated rings. The second-order valence-corrected chi connectivity index (χ2v) is 7.64. The summed E-state index contributed by atoms with van der Waals surface area (Å²) in [6.45, 7) is 0. The molecule has 0 aliphatic carbocycles. The highest BCUT2D eigenvalue weighted by molar-refractivity contribution is 7.80. The van der Waals surface area contributed by atoms with Gasteiger partial charge in [0.15, 0.2) is 5.11 Å². The van der Waals surface area contributed by atoms with Crippen molar-refractivity contribution in [3.05, 3.63) is 114 Å². The molecule has 4 nitrogen and oxygen atoms in total. The Kier molecular flexibility index (Phi) is 4.95. The van der Waals surface area contributed by atoms with E-state index in [1.807, 2.05) is 52.1 Å². The molecule has 1 N–H and O–H groups in total. The maximum atomic E-state index is 13.9. The summed E-state index contributed by atoms with van der Waals surface area (Å²) in [5.74, 6) is -0.628. The molecule has 0 amide bonds. The summed E-state index contributed by atoms with van der Waals surface area (Å²) >= 11 is 5.69. The van der Waals surface area contributed by atoms with Gasteiger partial charge in [-0.3, -0.25) is 4.98 Å². The summed E-state index contributed by atoms with van der Waals surface area (Å²) in [7, 11) is 0. The fourth-order valence-corrected chi connectivity index (χ4v) is 4.38. The first-order valence-corrected chi connectivity index (χ1v) is 10.2. The monoisotopic (exact) mass is 432 g/mol. The summed E-state index contributed by atoms with van der Waals surface area (Å²) in [6, 6.07) is 21.8. The van der Waals surface area contributed by atoms with E-state index in [9.17, 15) is 8.78 Å². The third kappa shape index (κ3) is 3.57. The fraction of sp³-hybridized carbons (Fsp3) is 0.0833. The number of aromatic nitrogens is 2. The standard InChI is InChI=1S/C24H18F2N4S/c25-16-9-11-18(12-10-16)30-23(22(28-24(30)31)20-7-1-2-13-27-20)21-8-4-14-29(21)19-6-3-5-17(26)15-19/h1-15,22-23H,(H,28,31)/t22-,23+/m0/s1. The van der Waals surface area contributed by atoms with Gasteiger partial charge in [-0.2, -0.15) is 0 Å². The van der Waals surface area contributed by atoms with E-state index in [-0.39, 0.29) is 23.7 Å². The predicted octanol–water partition coefficient (Wildman–Crippen LogP) is 5.33. The van der Waals surface area contributed by atoms with Crippen molar-refractivity contribution in [3.63, 3.8) is 0 Å². The van der Waals surface area contributed by atoms with Gasteiger partial charge in [-0.15, -0.1) is 0 Å². The van der Waals surface area contributed by atoms with E-state index in [2.05, 4.69) is 10.3 Å². The van der Waals surface area contributed by atoms with Crippen LogP contribution in [0.1, 0.15) is 23.5 Å². The molecule has 0 saturated carbocycles. The van der Waals surface area contributed by atoms with Crippen molar-refractivity contribution >= 4 is 23.0 Å². The van der Waals surface area contributed by atoms with Crippen molar-refractivity contribution < 1.29 is 8.78 Å². The van der Waals surface area contributed by atoms with Crippen LogP contribution in [0.25, 0.3) is 5.69 Å². The highest BCUT2D eigenvalue weighted by Crippen LogP contribution is 2.42. The SMILES string of the molecule is Fc1ccc(N2C(=S)N[C@@H](c3ccccn3)[C@H]2c2cccn2-c2cccc(F)c2)cc1. The van der Waals surface area contributed by atoms with Crippen LogP contribution in [-0.4, -0.2) is 14.7 Å². The largest absolute Gasteiger partial charge is 0.351 e. The number of halogens is 2. The zero-order valence-electron chi connectivity index (χ0n) is 16.3. The number of nitrogens with zero attached hydrogens (tertiary/aromatic N) is 3. The van der Waals surface area contributed by atoms with Crippen molar-refractivity contribution in [1.82, 2.24) is 14.9 Å². The van der Waals surface area contributed by atoms with Crippen LogP contribution in [0, 0.1) is 11.6 Å². The molecule has 154 valence electrons. The molecule has 7 heteroatoms. The van der Waals surface area contributed by atoms with Crippen molar-refractivity contribution in [2.75, 3.05) is 4.90 Å². The van der Waals surface area contributed by atoms with E-state index in [0.29, 0.717) is 10.8 Å². The van der Waals surface area contributed by atoms with E-state index in [1.54, 1.807) is 24.4 Å². The van der Waals surface area contributed by atoms with Gasteiger partial charge in [-0.1, -0.05) is 12.1 Å². The maximum Gasteiger partial charge on any atom is 0.174 e. The normalized spacial score (nSPS) is 18.3. The molecule has 31 heavy (non-hydrogen) atoms. The average molecular weight is 432 g/mol. The quantitative estimate of drug-likeness (QED) is 0.442. The number of anilines is 1. The van der Waals surface area contributed by atoms with Gasteiger partial charge >= 0.3 is 0 Å². The first-order valence-electron chi connectivity index (χ1n) is 9.81. The minimum Gasteiger partial charge on any atom is -0.351 e. The van der Waals surface area contributed by atoms with Gasteiger partial charge in [0.05, 0.1) is 11.7 Å². The van der Waals surface area contributed by atoms with Gasteiger partial charge < -0.3 is 14.8 Å². The van der Waals surface area contributed by atoms with Crippen LogP contribution in [-0.2, 0) is 0 Å². The van der Waals surface area contributed by atoms with Gasteiger partial charge in [0.25, 0.3) is 0 Å². The first kappa shape index (κ1) is 19.4. The second kappa shape index (κ2) is 7.92. The van der Waals surface area contributed by atoms with Gasteiger partial charge in [-0.05, 0) is 78.9 Å².